The minimum absolute atomic E-state index is 0.174. The maximum absolute atomic E-state index is 5.78. The van der Waals surface area contributed by atoms with Gasteiger partial charge in [-0.1, -0.05) is 12.1 Å². The first-order chi connectivity index (χ1) is 9.67. The molecule has 0 aliphatic heterocycles. The zero-order valence-corrected chi connectivity index (χ0v) is 12.0. The van der Waals surface area contributed by atoms with Crippen molar-refractivity contribution in [3.8, 4) is 17.2 Å². The maximum atomic E-state index is 5.78. The molecule has 0 bridgehead atoms. The van der Waals surface area contributed by atoms with Crippen molar-refractivity contribution < 1.29 is 9.47 Å². The predicted molar refractivity (Wildman–Crippen MR) is 81.5 cm³/mol. The van der Waals surface area contributed by atoms with E-state index in [-0.39, 0.29) is 6.04 Å². The van der Waals surface area contributed by atoms with Crippen LogP contribution < -0.4 is 15.2 Å². The highest BCUT2D eigenvalue weighted by Gasteiger charge is 2.01. The molecule has 2 aromatic rings. The lowest BCUT2D eigenvalue weighted by Crippen LogP contribution is -2.17. The first-order valence-corrected chi connectivity index (χ1v) is 6.92. The van der Waals surface area contributed by atoms with Crippen molar-refractivity contribution >= 4 is 0 Å². The molecule has 0 aromatic heterocycles. The quantitative estimate of drug-likeness (QED) is 0.869. The van der Waals surface area contributed by atoms with Gasteiger partial charge in [-0.2, -0.15) is 0 Å². The van der Waals surface area contributed by atoms with Crippen molar-refractivity contribution in [1.29, 1.82) is 0 Å². The van der Waals surface area contributed by atoms with Crippen LogP contribution in [0.25, 0.3) is 0 Å². The first-order valence-electron chi connectivity index (χ1n) is 6.92. The number of ether oxygens (including phenoxy) is 2. The van der Waals surface area contributed by atoms with Gasteiger partial charge in [0.25, 0.3) is 0 Å². The number of hydrogen-bond acceptors (Lipinski definition) is 3. The molecule has 2 N–H and O–H groups in total. The van der Waals surface area contributed by atoms with Gasteiger partial charge in [0.15, 0.2) is 0 Å². The second-order valence-electron chi connectivity index (χ2n) is 4.83. The number of rotatable bonds is 6. The molecule has 20 heavy (non-hydrogen) atoms. The third kappa shape index (κ3) is 4.28. The van der Waals surface area contributed by atoms with Gasteiger partial charge >= 0.3 is 0 Å². The third-order valence-corrected chi connectivity index (χ3v) is 2.85. The van der Waals surface area contributed by atoms with Gasteiger partial charge in [-0.3, -0.25) is 0 Å². The van der Waals surface area contributed by atoms with Gasteiger partial charge in [-0.15, -0.1) is 0 Å². The fraction of sp³-hybridized carbons (Fsp3) is 0.294. The van der Waals surface area contributed by atoms with E-state index in [1.54, 1.807) is 0 Å². The van der Waals surface area contributed by atoms with E-state index < -0.39 is 0 Å². The number of hydrogen-bond donors (Lipinski definition) is 1. The summed E-state index contributed by atoms with van der Waals surface area (Å²) in [4.78, 5) is 0. The van der Waals surface area contributed by atoms with Crippen LogP contribution in [0.4, 0.5) is 0 Å². The average Bonchev–Trinajstić information content (AvgIpc) is 2.43. The summed E-state index contributed by atoms with van der Waals surface area (Å²) in [5.74, 6) is 2.48. The van der Waals surface area contributed by atoms with Crippen LogP contribution >= 0.6 is 0 Å². The Balaban J connectivity index is 1.98. The van der Waals surface area contributed by atoms with Crippen LogP contribution in [0.15, 0.2) is 48.5 Å². The summed E-state index contributed by atoms with van der Waals surface area (Å²) in [5.41, 5.74) is 7.00. The highest BCUT2D eigenvalue weighted by atomic mass is 16.5. The lowest BCUT2D eigenvalue weighted by Gasteiger charge is -2.09. The summed E-state index contributed by atoms with van der Waals surface area (Å²) in [5, 5.41) is 0. The van der Waals surface area contributed by atoms with E-state index in [0.29, 0.717) is 6.61 Å². The smallest absolute Gasteiger partial charge is 0.127 e. The topological polar surface area (TPSA) is 44.5 Å². The zero-order valence-electron chi connectivity index (χ0n) is 12.0. The SMILES string of the molecule is CCOc1ccc(Oc2ccc(CC(C)N)cc2)cc1. The maximum Gasteiger partial charge on any atom is 0.127 e. The van der Waals surface area contributed by atoms with Crippen LogP contribution in [0.2, 0.25) is 0 Å². The van der Waals surface area contributed by atoms with Crippen molar-refractivity contribution in [2.24, 2.45) is 5.73 Å². The molecule has 0 aliphatic rings. The lowest BCUT2D eigenvalue weighted by molar-refractivity contribution is 0.339. The molecule has 0 saturated heterocycles. The molecular weight excluding hydrogens is 250 g/mol. The van der Waals surface area contributed by atoms with Crippen molar-refractivity contribution in [2.75, 3.05) is 6.61 Å². The monoisotopic (exact) mass is 271 g/mol. The Bertz CT molecular complexity index is 518. The van der Waals surface area contributed by atoms with Crippen LogP contribution in [-0.4, -0.2) is 12.6 Å². The van der Waals surface area contributed by atoms with E-state index >= 15 is 0 Å². The summed E-state index contributed by atoms with van der Waals surface area (Å²) in [7, 11) is 0. The fourth-order valence-corrected chi connectivity index (χ4v) is 1.97. The van der Waals surface area contributed by atoms with Crippen molar-refractivity contribution in [2.45, 2.75) is 26.3 Å². The second kappa shape index (κ2) is 6.96. The Morgan fingerprint density at radius 1 is 0.900 bits per heavy atom. The average molecular weight is 271 g/mol. The zero-order chi connectivity index (χ0) is 14.4. The summed E-state index contributed by atoms with van der Waals surface area (Å²) < 4.78 is 11.2. The molecule has 0 heterocycles. The van der Waals surface area contributed by atoms with Crippen LogP contribution in [-0.2, 0) is 6.42 Å². The van der Waals surface area contributed by atoms with Crippen molar-refractivity contribution in [3.63, 3.8) is 0 Å². The largest absolute Gasteiger partial charge is 0.494 e. The van der Waals surface area contributed by atoms with E-state index in [1.165, 1.54) is 5.56 Å². The lowest BCUT2D eigenvalue weighted by atomic mass is 10.1. The molecule has 2 aromatic carbocycles. The Morgan fingerprint density at radius 3 is 1.90 bits per heavy atom. The van der Waals surface area contributed by atoms with Gasteiger partial charge in [0.2, 0.25) is 0 Å². The summed E-state index contributed by atoms with van der Waals surface area (Å²) >= 11 is 0. The summed E-state index contributed by atoms with van der Waals surface area (Å²) in [6.45, 7) is 4.64. The standard InChI is InChI=1S/C17H21NO2/c1-3-19-15-8-10-17(11-9-15)20-16-6-4-14(5-7-16)12-13(2)18/h4-11,13H,3,12,18H2,1-2H3. The molecule has 0 radical (unpaired) electrons. The molecule has 3 nitrogen and oxygen atoms in total. The Morgan fingerprint density at radius 2 is 1.40 bits per heavy atom. The molecule has 0 fully saturated rings. The minimum atomic E-state index is 0.174. The highest BCUT2D eigenvalue weighted by Crippen LogP contribution is 2.24. The molecule has 0 amide bonds. The van der Waals surface area contributed by atoms with Crippen molar-refractivity contribution in [3.05, 3.63) is 54.1 Å². The van der Waals surface area contributed by atoms with Gasteiger partial charge in [-0.25, -0.2) is 0 Å². The molecule has 0 saturated carbocycles. The van der Waals surface area contributed by atoms with Crippen LogP contribution in [0.5, 0.6) is 17.2 Å². The fourth-order valence-electron chi connectivity index (χ4n) is 1.97. The highest BCUT2D eigenvalue weighted by molar-refractivity contribution is 5.36. The summed E-state index contributed by atoms with van der Waals surface area (Å²) in [6.07, 6.45) is 0.878. The van der Waals surface area contributed by atoms with Gasteiger partial charge in [0.1, 0.15) is 17.2 Å². The predicted octanol–water partition coefficient (Wildman–Crippen LogP) is 3.77. The van der Waals surface area contributed by atoms with E-state index in [4.69, 9.17) is 15.2 Å². The van der Waals surface area contributed by atoms with Gasteiger partial charge < -0.3 is 15.2 Å². The molecule has 0 spiro atoms. The molecule has 3 heteroatoms. The number of nitrogens with two attached hydrogens (primary N) is 1. The van der Waals surface area contributed by atoms with E-state index in [2.05, 4.69) is 0 Å². The van der Waals surface area contributed by atoms with Crippen LogP contribution in [0.3, 0.4) is 0 Å². The van der Waals surface area contributed by atoms with E-state index in [9.17, 15) is 0 Å². The Labute approximate surface area is 120 Å². The van der Waals surface area contributed by atoms with Crippen molar-refractivity contribution in [1.82, 2.24) is 0 Å². The second-order valence-corrected chi connectivity index (χ2v) is 4.83. The molecule has 2 rings (SSSR count). The third-order valence-electron chi connectivity index (χ3n) is 2.85. The molecule has 0 aliphatic carbocycles. The Kier molecular flexibility index (Phi) is 5.02. The van der Waals surface area contributed by atoms with Crippen LogP contribution in [0, 0.1) is 0 Å². The van der Waals surface area contributed by atoms with Crippen LogP contribution in [0.1, 0.15) is 19.4 Å². The molecular formula is C17H21NO2. The van der Waals surface area contributed by atoms with Gasteiger partial charge in [0.05, 0.1) is 6.61 Å². The minimum Gasteiger partial charge on any atom is -0.494 e. The molecule has 1 unspecified atom stereocenters. The van der Waals surface area contributed by atoms with Gasteiger partial charge in [-0.05, 0) is 62.2 Å². The Hall–Kier alpha value is -2.00. The normalized spacial score (nSPS) is 11.9. The van der Waals surface area contributed by atoms with E-state index in [1.807, 2.05) is 62.4 Å². The summed E-state index contributed by atoms with van der Waals surface area (Å²) in [6, 6.07) is 15.8. The molecule has 1 atom stereocenters. The number of benzene rings is 2. The van der Waals surface area contributed by atoms with E-state index in [0.717, 1.165) is 23.7 Å². The first kappa shape index (κ1) is 14.4. The molecule has 106 valence electrons. The van der Waals surface area contributed by atoms with Gasteiger partial charge in [0, 0.05) is 6.04 Å².